The van der Waals surface area contributed by atoms with Crippen molar-refractivity contribution in [1.29, 1.82) is 0 Å². The lowest BCUT2D eigenvalue weighted by atomic mass is 9.96. The number of piperazine rings is 1. The van der Waals surface area contributed by atoms with Crippen molar-refractivity contribution < 1.29 is 13.2 Å². The summed E-state index contributed by atoms with van der Waals surface area (Å²) in [5.74, 6) is -0.154. The molecule has 0 bridgehead atoms. The average Bonchev–Trinajstić information content (AvgIpc) is 2.68. The number of hydrogen-bond donors (Lipinski definition) is 0. The number of nitrogens with zero attached hydrogens (tertiary/aromatic N) is 5. The summed E-state index contributed by atoms with van der Waals surface area (Å²) in [7, 11) is -1.79. The van der Waals surface area contributed by atoms with Crippen LogP contribution in [0.4, 0.5) is 0 Å². The summed E-state index contributed by atoms with van der Waals surface area (Å²) in [4.78, 5) is 21.8. The molecule has 8 nitrogen and oxygen atoms in total. The summed E-state index contributed by atoms with van der Waals surface area (Å²) >= 11 is 0. The van der Waals surface area contributed by atoms with Crippen molar-refractivity contribution in [3.05, 3.63) is 24.3 Å². The van der Waals surface area contributed by atoms with E-state index in [1.54, 1.807) is 11.9 Å². The van der Waals surface area contributed by atoms with Crippen LogP contribution in [-0.4, -0.2) is 77.1 Å². The normalized spacial score (nSPS) is 20.8. The van der Waals surface area contributed by atoms with Crippen LogP contribution in [0.25, 0.3) is 0 Å². The highest BCUT2D eigenvalue weighted by atomic mass is 32.2. The SMILES string of the molecule is CN(C1CCCCC1)S(=O)(=O)N1CCN(C(=O)c2cncnc2)CC1. The number of carbonyl (C=O) groups is 1. The van der Waals surface area contributed by atoms with Gasteiger partial charge in [0, 0.05) is 51.7 Å². The maximum Gasteiger partial charge on any atom is 0.282 e. The number of amides is 1. The van der Waals surface area contributed by atoms with Crippen LogP contribution >= 0.6 is 0 Å². The quantitative estimate of drug-likeness (QED) is 0.783. The number of carbonyl (C=O) groups excluding carboxylic acids is 1. The Kier molecular flexibility index (Phi) is 5.65. The first-order valence-corrected chi connectivity index (χ1v) is 10.2. The summed E-state index contributed by atoms with van der Waals surface area (Å²) in [5.41, 5.74) is 0.429. The highest BCUT2D eigenvalue weighted by molar-refractivity contribution is 7.86. The number of hydrogen-bond acceptors (Lipinski definition) is 5. The number of rotatable bonds is 4. The van der Waals surface area contributed by atoms with Crippen LogP contribution < -0.4 is 0 Å². The first-order valence-electron chi connectivity index (χ1n) is 8.77. The molecule has 0 spiro atoms. The van der Waals surface area contributed by atoms with E-state index in [2.05, 4.69) is 9.97 Å². The second kappa shape index (κ2) is 7.76. The molecule has 2 fully saturated rings. The van der Waals surface area contributed by atoms with Gasteiger partial charge in [-0.05, 0) is 12.8 Å². The Bertz CT molecular complexity index is 683. The third kappa shape index (κ3) is 3.99. The monoisotopic (exact) mass is 367 g/mol. The van der Waals surface area contributed by atoms with E-state index >= 15 is 0 Å². The molecular weight excluding hydrogens is 342 g/mol. The van der Waals surface area contributed by atoms with E-state index in [0.29, 0.717) is 31.7 Å². The molecule has 0 aromatic carbocycles. The van der Waals surface area contributed by atoms with Crippen molar-refractivity contribution in [2.45, 2.75) is 38.1 Å². The summed E-state index contributed by atoms with van der Waals surface area (Å²) < 4.78 is 28.7. The molecule has 2 heterocycles. The first kappa shape index (κ1) is 18.2. The standard InChI is InChI=1S/C16H25N5O3S/c1-19(15-5-3-2-4-6-15)25(23,24)21-9-7-20(8-10-21)16(22)14-11-17-13-18-12-14/h11-13,15H,2-10H2,1H3. The van der Waals surface area contributed by atoms with Crippen LogP contribution in [0.15, 0.2) is 18.7 Å². The van der Waals surface area contributed by atoms with E-state index in [1.807, 2.05) is 0 Å². The summed E-state index contributed by atoms with van der Waals surface area (Å²) in [5, 5.41) is 0. The van der Waals surface area contributed by atoms with Gasteiger partial charge in [-0.2, -0.15) is 17.0 Å². The van der Waals surface area contributed by atoms with Crippen LogP contribution in [0.3, 0.4) is 0 Å². The minimum atomic E-state index is -3.47. The lowest BCUT2D eigenvalue weighted by Crippen LogP contribution is -2.55. The van der Waals surface area contributed by atoms with Crippen molar-refractivity contribution in [1.82, 2.24) is 23.5 Å². The molecule has 1 aliphatic heterocycles. The Hall–Kier alpha value is -1.58. The molecule has 1 saturated carbocycles. The van der Waals surface area contributed by atoms with Gasteiger partial charge in [0.25, 0.3) is 16.1 Å². The Balaban J connectivity index is 1.60. The fraction of sp³-hybridized carbons (Fsp3) is 0.688. The van der Waals surface area contributed by atoms with E-state index in [0.717, 1.165) is 25.7 Å². The second-order valence-corrected chi connectivity index (χ2v) is 8.62. The minimum Gasteiger partial charge on any atom is -0.336 e. The van der Waals surface area contributed by atoms with E-state index in [1.165, 1.54) is 33.8 Å². The molecular formula is C16H25N5O3S. The van der Waals surface area contributed by atoms with Gasteiger partial charge < -0.3 is 4.90 Å². The van der Waals surface area contributed by atoms with Gasteiger partial charge in [-0.25, -0.2) is 9.97 Å². The lowest BCUT2D eigenvalue weighted by Gasteiger charge is -2.38. The van der Waals surface area contributed by atoms with Crippen LogP contribution in [-0.2, 0) is 10.2 Å². The fourth-order valence-corrected chi connectivity index (χ4v) is 5.11. The predicted octanol–water partition coefficient (Wildman–Crippen LogP) is 0.744. The Morgan fingerprint density at radius 2 is 1.68 bits per heavy atom. The average molecular weight is 367 g/mol. The van der Waals surface area contributed by atoms with Gasteiger partial charge >= 0.3 is 0 Å². The van der Waals surface area contributed by atoms with Crippen molar-refractivity contribution in [3.63, 3.8) is 0 Å². The maximum absolute atomic E-state index is 12.9. The molecule has 1 amide bonds. The van der Waals surface area contributed by atoms with Gasteiger partial charge in [0.1, 0.15) is 6.33 Å². The molecule has 138 valence electrons. The van der Waals surface area contributed by atoms with Gasteiger partial charge in [-0.1, -0.05) is 19.3 Å². The molecule has 9 heteroatoms. The van der Waals surface area contributed by atoms with Gasteiger partial charge in [0.05, 0.1) is 5.56 Å². The molecule has 0 N–H and O–H groups in total. The third-order valence-electron chi connectivity index (χ3n) is 5.11. The van der Waals surface area contributed by atoms with E-state index < -0.39 is 10.2 Å². The van der Waals surface area contributed by atoms with Gasteiger partial charge in [-0.3, -0.25) is 4.79 Å². The summed E-state index contributed by atoms with van der Waals surface area (Å²) in [6, 6.07) is 0.0971. The molecule has 3 rings (SSSR count). The Morgan fingerprint density at radius 1 is 1.08 bits per heavy atom. The third-order valence-corrected chi connectivity index (χ3v) is 7.16. The maximum atomic E-state index is 12.9. The highest BCUT2D eigenvalue weighted by Gasteiger charge is 2.35. The molecule has 2 aliphatic rings. The van der Waals surface area contributed by atoms with Crippen LogP contribution in [0.2, 0.25) is 0 Å². The predicted molar refractivity (Wildman–Crippen MR) is 93.1 cm³/mol. The van der Waals surface area contributed by atoms with Crippen molar-refractivity contribution in [2.75, 3.05) is 33.2 Å². The second-order valence-electron chi connectivity index (χ2n) is 6.63. The zero-order valence-corrected chi connectivity index (χ0v) is 15.4. The molecule has 1 aromatic rings. The van der Waals surface area contributed by atoms with Crippen molar-refractivity contribution in [2.24, 2.45) is 0 Å². The van der Waals surface area contributed by atoms with Crippen LogP contribution in [0, 0.1) is 0 Å². The summed E-state index contributed by atoms with van der Waals surface area (Å²) in [6.45, 7) is 1.40. The van der Waals surface area contributed by atoms with Crippen LogP contribution in [0.1, 0.15) is 42.5 Å². The molecule has 1 aliphatic carbocycles. The van der Waals surface area contributed by atoms with Crippen molar-refractivity contribution >= 4 is 16.1 Å². The Labute approximate surface area is 149 Å². The Morgan fingerprint density at radius 3 is 2.28 bits per heavy atom. The fourth-order valence-electron chi connectivity index (χ4n) is 3.53. The first-order chi connectivity index (χ1) is 12.0. The molecule has 1 saturated heterocycles. The number of aromatic nitrogens is 2. The van der Waals surface area contributed by atoms with Crippen LogP contribution in [0.5, 0.6) is 0 Å². The van der Waals surface area contributed by atoms with Crippen molar-refractivity contribution in [3.8, 4) is 0 Å². The molecule has 0 radical (unpaired) electrons. The van der Waals surface area contributed by atoms with Gasteiger partial charge in [0.2, 0.25) is 0 Å². The van der Waals surface area contributed by atoms with E-state index in [-0.39, 0.29) is 11.9 Å². The largest absolute Gasteiger partial charge is 0.336 e. The van der Waals surface area contributed by atoms with Gasteiger partial charge in [-0.15, -0.1) is 0 Å². The van der Waals surface area contributed by atoms with Gasteiger partial charge in [0.15, 0.2) is 0 Å². The topological polar surface area (TPSA) is 86.7 Å². The molecule has 0 atom stereocenters. The van der Waals surface area contributed by atoms with E-state index in [4.69, 9.17) is 0 Å². The lowest BCUT2D eigenvalue weighted by molar-refractivity contribution is 0.0692. The molecule has 0 unspecified atom stereocenters. The van der Waals surface area contributed by atoms with E-state index in [9.17, 15) is 13.2 Å². The zero-order valence-electron chi connectivity index (χ0n) is 14.5. The summed E-state index contributed by atoms with van der Waals surface area (Å²) in [6.07, 6.45) is 9.57. The zero-order chi connectivity index (χ0) is 17.9. The highest BCUT2D eigenvalue weighted by Crippen LogP contribution is 2.25. The minimum absolute atomic E-state index is 0.0971. The molecule has 1 aromatic heterocycles. The smallest absolute Gasteiger partial charge is 0.282 e. The molecule has 25 heavy (non-hydrogen) atoms.